The zero-order valence-corrected chi connectivity index (χ0v) is 100. The van der Waals surface area contributed by atoms with Gasteiger partial charge in [0.2, 0.25) is 0 Å². The average Bonchev–Trinajstić information content (AvgIpc) is 1.36. The maximum Gasteiger partial charge on any atom is 0.314 e. The molecule has 6 rings (SSSR count). The molecular weight excluding hydrogens is 1770 g/mol. The molecule has 8 atom stereocenters. The van der Waals surface area contributed by atoms with Crippen molar-refractivity contribution in [2.75, 3.05) is 26.4 Å². The van der Waals surface area contributed by atoms with Crippen LogP contribution in [0.15, 0.2) is 112 Å². The van der Waals surface area contributed by atoms with E-state index >= 15 is 0 Å². The Labute approximate surface area is 862 Å². The smallest absolute Gasteiger partial charge is 0.314 e. The molecule has 0 saturated carbocycles. The summed E-state index contributed by atoms with van der Waals surface area (Å²) in [4.78, 5) is 89.0. The summed E-state index contributed by atoms with van der Waals surface area (Å²) in [6.45, 7) is 112. The van der Waals surface area contributed by atoms with E-state index in [1.807, 2.05) is 104 Å². The first-order valence-corrected chi connectivity index (χ1v) is 52.1. The number of carbonyl (C=O) groups excluding carboxylic acids is 6. The average molecular weight is 1990 g/mol. The fourth-order valence-corrected chi connectivity index (χ4v) is 13.7. The Kier molecular flexibility index (Phi) is 68.9. The summed E-state index contributed by atoms with van der Waals surface area (Å²) >= 11 is 0. The zero-order valence-electron chi connectivity index (χ0n) is 100. The minimum Gasteiger partial charge on any atom is -0.466 e. The van der Waals surface area contributed by atoms with Gasteiger partial charge in [-0.15, -0.1) is 0 Å². The van der Waals surface area contributed by atoms with Gasteiger partial charge in [0.1, 0.15) is 13.2 Å². The molecule has 0 saturated heterocycles. The van der Waals surface area contributed by atoms with Gasteiger partial charge in [0.25, 0.3) is 0 Å². The predicted molar refractivity (Wildman–Crippen MR) is 584 cm³/mol. The zero-order chi connectivity index (χ0) is 112. The van der Waals surface area contributed by atoms with Gasteiger partial charge in [-0.1, -0.05) is 304 Å². The first kappa shape index (κ1) is 144. The first-order chi connectivity index (χ1) is 63.9. The van der Waals surface area contributed by atoms with E-state index in [-0.39, 0.29) is 145 Å². The van der Waals surface area contributed by atoms with E-state index < -0.39 is 28.5 Å². The predicted octanol–water partition coefficient (Wildman–Crippen LogP) is 28.7. The fraction of sp³-hybridized carbons (Fsp3) is 0.791. The molecule has 6 aromatic heterocycles. The first-order valence-electron chi connectivity index (χ1n) is 52.1. The molecule has 6 heterocycles. The second-order valence-corrected chi connectivity index (χ2v) is 51.1. The third-order valence-electron chi connectivity index (χ3n) is 23.2. The number of aliphatic hydroxyl groups excluding tert-OH is 2. The van der Waals surface area contributed by atoms with Gasteiger partial charge < -0.3 is 56.9 Å². The van der Waals surface area contributed by atoms with Crippen LogP contribution in [-0.2, 0) is 96.8 Å². The number of esters is 6. The van der Waals surface area contributed by atoms with Crippen LogP contribution in [0.25, 0.3) is 0 Å². The maximum absolute atomic E-state index is 12.6. The van der Waals surface area contributed by atoms with Crippen molar-refractivity contribution >= 4 is 35.8 Å². The molecule has 0 aliphatic heterocycles. The highest BCUT2D eigenvalue weighted by Crippen LogP contribution is 2.51. The van der Waals surface area contributed by atoms with E-state index in [1.165, 1.54) is 12.8 Å². The summed E-state index contributed by atoms with van der Waals surface area (Å²) < 4.78 is 43.1. The number of carbonyl (C=O) groups is 6. The van der Waals surface area contributed by atoms with Crippen molar-refractivity contribution in [1.82, 2.24) is 57.8 Å². The molecule has 0 bridgehead atoms. The third kappa shape index (κ3) is 68.9. The monoisotopic (exact) mass is 1990 g/mol. The Morgan fingerprint density at radius 3 is 0.695 bits per heavy atom. The molecule has 26 heteroatoms. The summed E-state index contributed by atoms with van der Waals surface area (Å²) in [6.07, 6.45) is 36.5. The molecule has 2 N–H and O–H groups in total. The second-order valence-electron chi connectivity index (χ2n) is 51.1. The van der Waals surface area contributed by atoms with Crippen molar-refractivity contribution in [3.8, 4) is 0 Å². The Bertz CT molecular complexity index is 3930. The van der Waals surface area contributed by atoms with Gasteiger partial charge >= 0.3 is 35.8 Å². The van der Waals surface area contributed by atoms with Crippen LogP contribution >= 0.6 is 0 Å². The maximum atomic E-state index is 12.6. The van der Waals surface area contributed by atoms with Crippen molar-refractivity contribution in [1.29, 1.82) is 0 Å². The lowest BCUT2D eigenvalue weighted by molar-refractivity contribution is -0.169. The standard InChI is InChI=1S/C16H28N2O2.C16H32O3.C15H26N2O2.C15H30O3.C14H28O2.C13H26O2.4C5H8N2.2C3H8/c1-14(2,3)11-16(7,15(4,5)6)13(19)20-12-18-10-8-9-17-18;1-9-12(17)10-19-13(18)16(8,15(5,6)7)11-14(2,3)4;1-14(2,3)10-12(15(4,5)6)13(18)19-11-17-9-7-8-16-17;1-8-11(16)10-18-13(17)12(15(5,6)7)9-14(2,3)4;1-9-16-11(15)14(8,13(5,6)7)10-12(2,3)4;1-8-15-11(14)10(13(5,6)7)9-12(2,3)4;4*1-2-7-4-3-6-5-7;2*1-3-2/h8-10H,11-12H2,1-7H3;12,17H,9-11H2,1-8H3;7-9,12H,10-11H2,1-6H3;11-12,16H,8-10H2,1-7H3;9-10H2,1-8H3;10H,8-9H2,1-7H3;4*3-5H,2H2,1H3;2*3H2,1-2H3. The van der Waals surface area contributed by atoms with Gasteiger partial charge in [-0.2, -0.15) is 10.2 Å². The van der Waals surface area contributed by atoms with Gasteiger partial charge in [0.15, 0.2) is 13.5 Å². The number of nitrogens with zero attached hydrogens (tertiary/aromatic N) is 12. The minimum absolute atomic E-state index is 0.0163. The molecule has 0 radical (unpaired) electrons. The van der Waals surface area contributed by atoms with Gasteiger partial charge in [0, 0.05) is 101 Å². The molecule has 0 aliphatic rings. The van der Waals surface area contributed by atoms with Gasteiger partial charge in [-0.05, 0) is 191 Å². The van der Waals surface area contributed by atoms with Crippen molar-refractivity contribution < 1.29 is 67.4 Å². The number of aryl methyl sites for hydroxylation is 4. The number of aliphatic hydroxyl groups is 2. The van der Waals surface area contributed by atoms with Crippen LogP contribution in [-0.4, -0.2) is 142 Å². The molecule has 8 unspecified atom stereocenters. The molecule has 0 fully saturated rings. The number of aromatic nitrogens is 12. The van der Waals surface area contributed by atoms with Crippen LogP contribution in [0.4, 0.5) is 0 Å². The topological polar surface area (TPSA) is 305 Å². The van der Waals surface area contributed by atoms with E-state index in [9.17, 15) is 39.0 Å². The van der Waals surface area contributed by atoms with Crippen LogP contribution in [0.5, 0.6) is 0 Å². The van der Waals surface area contributed by atoms with Crippen molar-refractivity contribution in [2.45, 2.75) is 469 Å². The highest BCUT2D eigenvalue weighted by atomic mass is 16.6. The molecule has 822 valence electrons. The highest BCUT2D eigenvalue weighted by Gasteiger charge is 2.51. The fourth-order valence-electron chi connectivity index (χ4n) is 13.7. The number of imidazole rings is 4. The number of rotatable bonds is 28. The second kappa shape index (κ2) is 67.6. The van der Waals surface area contributed by atoms with E-state index in [0.29, 0.717) is 26.1 Å². The third-order valence-corrected chi connectivity index (χ3v) is 23.2. The van der Waals surface area contributed by atoms with E-state index in [1.54, 1.807) is 84.2 Å². The summed E-state index contributed by atoms with van der Waals surface area (Å²) in [6, 6.07) is 3.62. The molecule has 141 heavy (non-hydrogen) atoms. The quantitative estimate of drug-likeness (QED) is 0.0340. The van der Waals surface area contributed by atoms with Crippen LogP contribution in [0, 0.1) is 99.0 Å². The van der Waals surface area contributed by atoms with Crippen LogP contribution in [0.2, 0.25) is 0 Å². The normalized spacial score (nSPS) is 14.2. The SMILES string of the molecule is CC(C)(C)CC(C(=O)OCn1cccn1)C(C)(C)C.CC(C)(C)CC(C)(C(=O)OCn1cccn1)C(C)(C)C.CCC.CCC.CCC(O)COC(=O)C(C)(CC(C)(C)C)C(C)(C)C.CCC(O)COC(=O)C(CC(C)(C)C)C(C)(C)C.CCOC(=O)C(C)(CC(C)(C)C)C(C)(C)C.CCOC(=O)C(CC(C)(C)C)C(C)(C)C.CCn1ccnc1.CCn1ccnc1.CCn1ccnc1.CCn1ccnc1. The van der Waals surface area contributed by atoms with Gasteiger partial charge in [0.05, 0.1) is 84.7 Å². The Morgan fingerprint density at radius 2 is 0.511 bits per heavy atom. The molecule has 0 spiro atoms. The van der Waals surface area contributed by atoms with Crippen molar-refractivity contribution in [3.05, 3.63) is 112 Å². The largest absolute Gasteiger partial charge is 0.466 e. The molecular formula is C115H218N12O14. The molecule has 6 aromatic rings. The van der Waals surface area contributed by atoms with E-state index in [2.05, 4.69) is 335 Å². The molecule has 0 aromatic carbocycles. The van der Waals surface area contributed by atoms with Crippen molar-refractivity contribution in [2.24, 2.45) is 99.0 Å². The van der Waals surface area contributed by atoms with Gasteiger partial charge in [-0.3, -0.25) is 28.8 Å². The molecule has 0 aliphatic carbocycles. The van der Waals surface area contributed by atoms with Crippen LogP contribution < -0.4 is 0 Å². The summed E-state index contributed by atoms with van der Waals surface area (Å²) in [7, 11) is 0. The van der Waals surface area contributed by atoms with Crippen LogP contribution in [0.1, 0.15) is 417 Å². The summed E-state index contributed by atoms with van der Waals surface area (Å²) in [5.74, 6) is -1.08. The molecule has 0 amide bonds. The lowest BCUT2D eigenvalue weighted by Crippen LogP contribution is -2.44. The highest BCUT2D eigenvalue weighted by molar-refractivity contribution is 5.79. The number of ether oxygens (including phenoxy) is 6. The van der Waals surface area contributed by atoms with Gasteiger partial charge in [-0.25, -0.2) is 29.3 Å². The Hall–Kier alpha value is -8.00. The van der Waals surface area contributed by atoms with Crippen LogP contribution in [0.3, 0.4) is 0 Å². The van der Waals surface area contributed by atoms with E-state index in [0.717, 1.165) is 64.7 Å². The summed E-state index contributed by atoms with van der Waals surface area (Å²) in [5, 5.41) is 27.0. The van der Waals surface area contributed by atoms with E-state index in [4.69, 9.17) is 28.4 Å². The Morgan fingerprint density at radius 1 is 0.284 bits per heavy atom. The van der Waals surface area contributed by atoms with Crippen molar-refractivity contribution in [3.63, 3.8) is 0 Å². The lowest BCUT2D eigenvalue weighted by Gasteiger charge is -2.43. The number of hydrogen-bond donors (Lipinski definition) is 2. The minimum atomic E-state index is -0.567. The number of hydrogen-bond acceptors (Lipinski definition) is 20. The Balaban J connectivity index is -0.000000363. The lowest BCUT2D eigenvalue weighted by atomic mass is 9.61. The molecule has 26 nitrogen and oxygen atoms in total. The summed E-state index contributed by atoms with van der Waals surface area (Å²) in [5.41, 5.74) is -1.64.